The van der Waals surface area contributed by atoms with Gasteiger partial charge in [-0.3, -0.25) is 9.36 Å². The summed E-state index contributed by atoms with van der Waals surface area (Å²) >= 11 is 11.8. The first-order valence-electron chi connectivity index (χ1n) is 10.7. The maximum absolute atomic E-state index is 13.8. The fourth-order valence-corrected chi connectivity index (χ4v) is 4.56. The van der Waals surface area contributed by atoms with E-state index in [2.05, 4.69) is 26.0 Å². The van der Waals surface area contributed by atoms with Gasteiger partial charge in [0.25, 0.3) is 5.56 Å². The molecule has 0 aliphatic carbocycles. The smallest absolute Gasteiger partial charge is 0.284 e. The van der Waals surface area contributed by atoms with Crippen LogP contribution in [0.15, 0.2) is 54.0 Å². The van der Waals surface area contributed by atoms with Crippen LogP contribution in [0.2, 0.25) is 5.02 Å². The van der Waals surface area contributed by atoms with Crippen molar-refractivity contribution in [2.45, 2.75) is 19.4 Å². The second-order valence-corrected chi connectivity index (χ2v) is 8.37. The molecule has 0 saturated heterocycles. The summed E-state index contributed by atoms with van der Waals surface area (Å²) in [6.07, 6.45) is 5.38. The number of anilines is 1. The molecule has 10 nitrogen and oxygen atoms in total. The Bertz CT molecular complexity index is 1670. The molecule has 0 unspecified atom stereocenters. The van der Waals surface area contributed by atoms with Crippen molar-refractivity contribution in [3.8, 4) is 11.8 Å². The Kier molecular flexibility index (Phi) is 5.98. The van der Waals surface area contributed by atoms with E-state index in [4.69, 9.17) is 28.9 Å². The van der Waals surface area contributed by atoms with Crippen LogP contribution in [-0.4, -0.2) is 46.0 Å². The minimum Gasteiger partial charge on any atom is -0.340 e. The van der Waals surface area contributed by atoms with Gasteiger partial charge in [-0.2, -0.15) is 10.4 Å². The number of hydrogen-bond donors (Lipinski definition) is 1. The van der Waals surface area contributed by atoms with Crippen LogP contribution >= 0.6 is 23.8 Å². The Balaban J connectivity index is 1.81. The molecule has 1 N–H and O–H groups in total. The SMILES string of the molecule is CCCN(c1ncnc2nc[nH]c12)[C@@H](C=S)c1nn2ccc(Cl)c2c(=O)n1-c1cccc(C#N)c1. The zero-order valence-electron chi connectivity index (χ0n) is 18.5. The summed E-state index contributed by atoms with van der Waals surface area (Å²) in [7, 11) is 0. The van der Waals surface area contributed by atoms with E-state index in [1.807, 2.05) is 11.8 Å². The minimum absolute atomic E-state index is 0.223. The van der Waals surface area contributed by atoms with Crippen LogP contribution in [0.1, 0.15) is 30.8 Å². The van der Waals surface area contributed by atoms with Crippen LogP contribution in [0.4, 0.5) is 5.82 Å². The number of halogens is 1. The highest BCUT2D eigenvalue weighted by molar-refractivity contribution is 7.79. The Labute approximate surface area is 209 Å². The van der Waals surface area contributed by atoms with Crippen LogP contribution in [0.5, 0.6) is 0 Å². The molecular weight excluding hydrogens is 486 g/mol. The number of benzene rings is 1. The maximum atomic E-state index is 13.8. The van der Waals surface area contributed by atoms with E-state index < -0.39 is 6.04 Å². The largest absolute Gasteiger partial charge is 0.340 e. The van der Waals surface area contributed by atoms with Crippen molar-refractivity contribution in [2.24, 2.45) is 0 Å². The van der Waals surface area contributed by atoms with Gasteiger partial charge < -0.3 is 9.88 Å². The van der Waals surface area contributed by atoms with Crippen molar-refractivity contribution in [2.75, 3.05) is 11.4 Å². The molecule has 0 aliphatic heterocycles. The van der Waals surface area contributed by atoms with Crippen molar-refractivity contribution in [1.29, 1.82) is 5.26 Å². The molecule has 1 aromatic carbocycles. The summed E-state index contributed by atoms with van der Waals surface area (Å²) in [5.74, 6) is 0.928. The molecule has 0 bridgehead atoms. The first-order chi connectivity index (χ1) is 17.1. The number of rotatable bonds is 7. The van der Waals surface area contributed by atoms with E-state index >= 15 is 0 Å². The van der Waals surface area contributed by atoms with Crippen LogP contribution in [0.3, 0.4) is 0 Å². The molecule has 5 aromatic rings. The second kappa shape index (κ2) is 9.25. The molecule has 0 radical (unpaired) electrons. The van der Waals surface area contributed by atoms with E-state index in [9.17, 15) is 10.1 Å². The Hall–Kier alpha value is -4.14. The molecule has 0 spiro atoms. The number of H-pyrrole nitrogens is 1. The predicted molar refractivity (Wildman–Crippen MR) is 136 cm³/mol. The monoisotopic (exact) mass is 503 g/mol. The first-order valence-corrected chi connectivity index (χ1v) is 11.6. The molecule has 5 rings (SSSR count). The highest BCUT2D eigenvalue weighted by atomic mass is 35.5. The van der Waals surface area contributed by atoms with E-state index in [0.29, 0.717) is 40.6 Å². The van der Waals surface area contributed by atoms with E-state index in [-0.39, 0.29) is 16.1 Å². The third-order valence-corrected chi connectivity index (χ3v) is 6.13. The molecule has 12 heteroatoms. The fraction of sp³-hybridized carbons (Fsp3) is 0.174. The van der Waals surface area contributed by atoms with Gasteiger partial charge in [-0.15, -0.1) is 0 Å². The minimum atomic E-state index is -0.643. The van der Waals surface area contributed by atoms with Gasteiger partial charge in [-0.05, 0) is 30.7 Å². The van der Waals surface area contributed by atoms with Crippen molar-refractivity contribution in [1.82, 2.24) is 34.1 Å². The lowest BCUT2D eigenvalue weighted by Crippen LogP contribution is -2.37. The maximum Gasteiger partial charge on any atom is 0.284 e. The predicted octanol–water partition coefficient (Wildman–Crippen LogP) is 3.63. The Morgan fingerprint density at radius 2 is 2.17 bits per heavy atom. The zero-order chi connectivity index (χ0) is 24.5. The normalized spacial score (nSPS) is 12.0. The summed E-state index contributed by atoms with van der Waals surface area (Å²) < 4.78 is 2.90. The van der Waals surface area contributed by atoms with Crippen molar-refractivity contribution in [3.63, 3.8) is 0 Å². The van der Waals surface area contributed by atoms with Crippen molar-refractivity contribution >= 4 is 51.7 Å². The lowest BCUT2D eigenvalue weighted by Gasteiger charge is -2.31. The van der Waals surface area contributed by atoms with Gasteiger partial charge in [-0.25, -0.2) is 19.5 Å². The van der Waals surface area contributed by atoms with Crippen LogP contribution in [0.25, 0.3) is 22.4 Å². The number of fused-ring (bicyclic) bond motifs is 2. The molecular formula is C23H18ClN9OS. The summed E-state index contributed by atoms with van der Waals surface area (Å²) in [6, 6.07) is 9.83. The van der Waals surface area contributed by atoms with Gasteiger partial charge in [0.15, 0.2) is 17.3 Å². The quantitative estimate of drug-likeness (QED) is 0.334. The molecule has 35 heavy (non-hydrogen) atoms. The highest BCUT2D eigenvalue weighted by Gasteiger charge is 2.28. The fourth-order valence-electron chi connectivity index (χ4n) is 4.06. The topological polar surface area (TPSA) is 121 Å². The Morgan fingerprint density at radius 1 is 1.31 bits per heavy atom. The van der Waals surface area contributed by atoms with Crippen molar-refractivity contribution in [3.05, 3.63) is 75.9 Å². The van der Waals surface area contributed by atoms with Gasteiger partial charge in [0.05, 0.1) is 28.7 Å². The molecule has 0 aliphatic rings. The number of nitriles is 1. The third kappa shape index (κ3) is 3.82. The van der Waals surface area contributed by atoms with Gasteiger partial charge in [-0.1, -0.05) is 36.8 Å². The number of nitrogens with one attached hydrogen (secondary N) is 1. The van der Waals surface area contributed by atoms with Crippen LogP contribution < -0.4 is 10.5 Å². The van der Waals surface area contributed by atoms with Gasteiger partial charge >= 0.3 is 0 Å². The summed E-state index contributed by atoms with van der Waals surface area (Å²) in [5, 5.41) is 16.0. The van der Waals surface area contributed by atoms with Crippen LogP contribution in [0, 0.1) is 11.3 Å². The lowest BCUT2D eigenvalue weighted by molar-refractivity contribution is 0.643. The molecule has 0 fully saturated rings. The number of imidazole rings is 1. The van der Waals surface area contributed by atoms with Gasteiger partial charge in [0.2, 0.25) is 0 Å². The lowest BCUT2D eigenvalue weighted by atomic mass is 10.2. The number of thiocarbonyl (C=S) groups is 1. The van der Waals surface area contributed by atoms with Gasteiger partial charge in [0, 0.05) is 18.1 Å². The van der Waals surface area contributed by atoms with Crippen molar-refractivity contribution < 1.29 is 0 Å². The summed E-state index contributed by atoms with van der Waals surface area (Å²) in [5.41, 5.74) is 1.88. The molecule has 4 heterocycles. The first kappa shape index (κ1) is 22.6. The molecule has 174 valence electrons. The molecule has 0 amide bonds. The molecule has 4 aromatic heterocycles. The standard InChI is InChI=1S/C23H18ClN9OS/c1-2-7-31(22-18-20(27-12-26-18)28-13-29-22)17(11-35)21-30-32-8-6-16(24)19(32)23(34)33(21)15-5-3-4-14(9-15)10-25/h3-6,8-9,11-13,17H,2,7H2,1H3,(H,26,27,28,29)/t17-/m0/s1. The van der Waals surface area contributed by atoms with Gasteiger partial charge in [0.1, 0.15) is 23.4 Å². The van der Waals surface area contributed by atoms with Crippen LogP contribution in [-0.2, 0) is 0 Å². The average molecular weight is 504 g/mol. The third-order valence-electron chi connectivity index (χ3n) is 5.56. The molecule has 0 saturated carbocycles. The zero-order valence-corrected chi connectivity index (χ0v) is 20.0. The van der Waals surface area contributed by atoms with E-state index in [0.717, 1.165) is 6.42 Å². The van der Waals surface area contributed by atoms with E-state index in [1.165, 1.54) is 15.4 Å². The number of hydrogen-bond acceptors (Lipinski definition) is 8. The number of aromatic amines is 1. The second-order valence-electron chi connectivity index (χ2n) is 7.69. The average Bonchev–Trinajstić information content (AvgIpc) is 3.51. The highest BCUT2D eigenvalue weighted by Crippen LogP contribution is 2.29. The Morgan fingerprint density at radius 3 is 2.94 bits per heavy atom. The number of aromatic nitrogens is 7. The molecule has 1 atom stereocenters. The summed E-state index contributed by atoms with van der Waals surface area (Å²) in [4.78, 5) is 31.8. The number of nitrogens with zero attached hydrogens (tertiary/aromatic N) is 8. The van der Waals surface area contributed by atoms with E-state index in [1.54, 1.807) is 48.2 Å². The summed E-state index contributed by atoms with van der Waals surface area (Å²) in [6.45, 7) is 2.59.